The molecule has 152 valence electrons. The Balaban J connectivity index is 1.74. The Morgan fingerprint density at radius 3 is 1.14 bits per heavy atom. The van der Waals surface area contributed by atoms with E-state index >= 15 is 0 Å². The summed E-state index contributed by atoms with van der Waals surface area (Å²) in [4.78, 5) is 4.72. The molecule has 0 aliphatic carbocycles. The first-order chi connectivity index (χ1) is 13.4. The molecule has 2 aromatic rings. The van der Waals surface area contributed by atoms with Crippen molar-refractivity contribution in [2.75, 3.05) is 36.0 Å². The third-order valence-corrected chi connectivity index (χ3v) is 36.3. The van der Waals surface area contributed by atoms with Crippen LogP contribution in [0.4, 0.5) is 11.4 Å². The van der Waals surface area contributed by atoms with Gasteiger partial charge in [-0.05, 0) is 52.0 Å². The van der Waals surface area contributed by atoms with Crippen LogP contribution < -0.4 is 20.4 Å². The van der Waals surface area contributed by atoms with Crippen LogP contribution in [0.1, 0.15) is 27.7 Å². The van der Waals surface area contributed by atoms with Crippen LogP contribution in [-0.4, -0.2) is 26.2 Å². The lowest BCUT2D eigenvalue weighted by Crippen LogP contribution is -2.22. The zero-order valence-corrected chi connectivity index (χ0v) is 21.9. The predicted octanol–water partition coefficient (Wildman–Crippen LogP) is 6.43. The van der Waals surface area contributed by atoms with Crippen molar-refractivity contribution < 1.29 is 0 Å². The van der Waals surface area contributed by atoms with Crippen LogP contribution in [0.15, 0.2) is 48.5 Å². The molecule has 2 nitrogen and oxygen atoms in total. The summed E-state index contributed by atoms with van der Waals surface area (Å²) in [6, 6.07) is 17.8. The monoisotopic (exact) mass is 486 g/mol. The van der Waals surface area contributed by atoms with Gasteiger partial charge in [-0.1, -0.05) is 69.9 Å². The standard InChI is InChI=1S/C20H28N2P2S4/c1-5-21(6-2)17-9-13-19(14-10-17)23(25)27-24(26,28-23)20-15-11-18(12-16-20)22(7-3)8-4/h9-16H,5-8H2,1-4H3. The zero-order valence-electron chi connectivity index (χ0n) is 16.9. The van der Waals surface area contributed by atoms with Crippen LogP contribution >= 0.6 is 30.9 Å². The molecule has 2 aromatic carbocycles. The lowest BCUT2D eigenvalue weighted by molar-refractivity contribution is 0.866. The van der Waals surface area contributed by atoms with E-state index in [-0.39, 0.29) is 0 Å². The summed E-state index contributed by atoms with van der Waals surface area (Å²) in [6.07, 6.45) is 0. The molecular weight excluding hydrogens is 458 g/mol. The van der Waals surface area contributed by atoms with Crippen molar-refractivity contribution in [3.8, 4) is 0 Å². The molecule has 0 spiro atoms. The van der Waals surface area contributed by atoms with E-state index in [0.717, 1.165) is 26.2 Å². The van der Waals surface area contributed by atoms with Gasteiger partial charge < -0.3 is 9.80 Å². The summed E-state index contributed by atoms with van der Waals surface area (Å²) in [5, 5.41) is 2.60. The van der Waals surface area contributed by atoms with E-state index in [1.165, 1.54) is 22.0 Å². The van der Waals surface area contributed by atoms with Gasteiger partial charge in [-0.25, -0.2) is 0 Å². The van der Waals surface area contributed by atoms with E-state index in [4.69, 9.17) is 23.6 Å². The van der Waals surface area contributed by atoms with E-state index < -0.39 is 8.88 Å². The third-order valence-electron chi connectivity index (χ3n) is 5.02. The van der Waals surface area contributed by atoms with Crippen molar-refractivity contribution in [1.29, 1.82) is 0 Å². The predicted molar refractivity (Wildman–Crippen MR) is 143 cm³/mol. The quantitative estimate of drug-likeness (QED) is 0.394. The van der Waals surface area contributed by atoms with Crippen molar-refractivity contribution in [3.05, 3.63) is 48.5 Å². The van der Waals surface area contributed by atoms with Crippen molar-refractivity contribution >= 4 is 76.5 Å². The molecule has 0 bridgehead atoms. The first-order valence-corrected chi connectivity index (χ1v) is 19.4. The van der Waals surface area contributed by atoms with Crippen LogP contribution in [-0.2, 0) is 23.6 Å². The molecule has 8 heteroatoms. The lowest BCUT2D eigenvalue weighted by Gasteiger charge is -2.40. The molecule has 0 amide bonds. The highest BCUT2D eigenvalue weighted by Crippen LogP contribution is 3.04. The summed E-state index contributed by atoms with van der Waals surface area (Å²) in [6.45, 7) is 12.9. The smallest absolute Gasteiger partial charge is 0.0965 e. The highest BCUT2D eigenvalue weighted by molar-refractivity contribution is 9.48. The van der Waals surface area contributed by atoms with E-state index in [2.05, 4.69) is 86.0 Å². The zero-order chi connectivity index (χ0) is 20.4. The highest BCUT2D eigenvalue weighted by atomic mass is 33.7. The molecule has 0 aromatic heterocycles. The Morgan fingerprint density at radius 1 is 0.607 bits per heavy atom. The van der Waals surface area contributed by atoms with Gasteiger partial charge in [-0.2, -0.15) is 0 Å². The fraction of sp³-hybridized carbons (Fsp3) is 0.400. The molecule has 0 N–H and O–H groups in total. The molecule has 0 atom stereocenters. The summed E-state index contributed by atoms with van der Waals surface area (Å²) in [5.41, 5.74) is 2.55. The molecule has 1 aliphatic rings. The summed E-state index contributed by atoms with van der Waals surface area (Å²) >= 11 is 16.0. The second-order valence-electron chi connectivity index (χ2n) is 6.54. The number of hydrogen-bond donors (Lipinski definition) is 0. The lowest BCUT2D eigenvalue weighted by atomic mass is 10.3. The van der Waals surface area contributed by atoms with E-state index in [0.29, 0.717) is 0 Å². The average Bonchev–Trinajstić information content (AvgIpc) is 2.69. The Morgan fingerprint density at radius 2 is 0.893 bits per heavy atom. The van der Waals surface area contributed by atoms with Gasteiger partial charge in [-0.3, -0.25) is 0 Å². The molecule has 1 aliphatic heterocycles. The molecule has 28 heavy (non-hydrogen) atoms. The fourth-order valence-corrected chi connectivity index (χ4v) is 45.6. The third kappa shape index (κ3) is 4.53. The van der Waals surface area contributed by atoms with Crippen molar-refractivity contribution in [2.45, 2.75) is 27.7 Å². The van der Waals surface area contributed by atoms with Gasteiger partial charge in [0.15, 0.2) is 0 Å². The minimum Gasteiger partial charge on any atom is -0.372 e. The fourth-order valence-electron chi connectivity index (χ4n) is 3.35. The molecule has 1 fully saturated rings. The Hall–Kier alpha value is 0.0400. The van der Waals surface area contributed by atoms with E-state index in [1.54, 1.807) is 0 Å². The van der Waals surface area contributed by atoms with Crippen LogP contribution in [0.2, 0.25) is 0 Å². The summed E-state index contributed by atoms with van der Waals surface area (Å²) in [5.74, 6) is 0. The number of nitrogens with zero attached hydrogens (tertiary/aromatic N) is 2. The minimum absolute atomic E-state index is 1.03. The number of hydrogen-bond acceptors (Lipinski definition) is 6. The number of rotatable bonds is 8. The second-order valence-corrected chi connectivity index (χ2v) is 27.8. The van der Waals surface area contributed by atoms with Gasteiger partial charge >= 0.3 is 0 Å². The van der Waals surface area contributed by atoms with Gasteiger partial charge in [0.25, 0.3) is 0 Å². The molecule has 0 saturated carbocycles. The Bertz CT molecular complexity index is 804. The summed E-state index contributed by atoms with van der Waals surface area (Å²) < 4.78 is -3.32. The maximum absolute atomic E-state index is 6.09. The normalized spacial score (nSPS) is 23.9. The minimum atomic E-state index is -1.66. The molecule has 0 unspecified atom stereocenters. The van der Waals surface area contributed by atoms with Gasteiger partial charge in [0.05, 0.1) is 8.88 Å². The molecule has 1 saturated heterocycles. The molecule has 1 heterocycles. The largest absolute Gasteiger partial charge is 0.372 e. The number of anilines is 2. The topological polar surface area (TPSA) is 6.48 Å². The van der Waals surface area contributed by atoms with Crippen molar-refractivity contribution in [1.82, 2.24) is 0 Å². The van der Waals surface area contributed by atoms with E-state index in [9.17, 15) is 0 Å². The SMILES string of the molecule is CCN(CC)c1ccc(P2(=S)SP(=S)(c3ccc(N(CC)CC)cc3)S2)cc1. The Labute approximate surface area is 187 Å². The van der Waals surface area contributed by atoms with Crippen LogP contribution in [0.25, 0.3) is 0 Å². The molecular formula is C20H28N2P2S4. The number of benzene rings is 2. The first kappa shape index (κ1) is 22.7. The van der Waals surface area contributed by atoms with Crippen LogP contribution in [0.5, 0.6) is 0 Å². The Kier molecular flexibility index (Phi) is 7.67. The van der Waals surface area contributed by atoms with E-state index in [1.807, 2.05) is 22.0 Å². The van der Waals surface area contributed by atoms with Gasteiger partial charge in [-0.15, -0.1) is 0 Å². The van der Waals surface area contributed by atoms with Crippen molar-refractivity contribution in [2.24, 2.45) is 0 Å². The van der Waals surface area contributed by atoms with Crippen molar-refractivity contribution in [3.63, 3.8) is 0 Å². The maximum Gasteiger partial charge on any atom is 0.0965 e. The molecule has 0 radical (unpaired) electrons. The van der Waals surface area contributed by atoms with Crippen LogP contribution in [0.3, 0.4) is 0 Å². The second kappa shape index (κ2) is 9.45. The van der Waals surface area contributed by atoms with Gasteiger partial charge in [0.2, 0.25) is 0 Å². The first-order valence-electron chi connectivity index (χ1n) is 9.73. The maximum atomic E-state index is 6.09. The van der Waals surface area contributed by atoms with Gasteiger partial charge in [0.1, 0.15) is 0 Å². The van der Waals surface area contributed by atoms with Crippen LogP contribution in [0, 0.1) is 0 Å². The summed E-state index contributed by atoms with van der Waals surface area (Å²) in [7, 11) is 0. The molecule has 3 rings (SSSR count). The highest BCUT2D eigenvalue weighted by Gasteiger charge is 2.45. The van der Waals surface area contributed by atoms with Gasteiger partial charge in [0, 0.05) is 48.2 Å². The average molecular weight is 487 g/mol.